The lowest BCUT2D eigenvalue weighted by atomic mass is 9.84. The van der Waals surface area contributed by atoms with Crippen LogP contribution in [-0.2, 0) is 19.3 Å². The van der Waals surface area contributed by atoms with Crippen LogP contribution in [0.3, 0.4) is 0 Å². The Bertz CT molecular complexity index is 974. The van der Waals surface area contributed by atoms with Crippen molar-refractivity contribution in [3.63, 3.8) is 0 Å². The van der Waals surface area contributed by atoms with E-state index in [-0.39, 0.29) is 36.0 Å². The second-order valence-corrected chi connectivity index (χ2v) is 7.43. The van der Waals surface area contributed by atoms with E-state index in [1.54, 1.807) is 4.57 Å². The van der Waals surface area contributed by atoms with Crippen LogP contribution in [0.4, 0.5) is 13.2 Å². The number of pyridine rings is 1. The van der Waals surface area contributed by atoms with E-state index in [1.807, 2.05) is 6.07 Å². The molecule has 2 aliphatic heterocycles. The van der Waals surface area contributed by atoms with Crippen LogP contribution in [0.15, 0.2) is 41.2 Å². The van der Waals surface area contributed by atoms with Crippen LogP contribution in [0.1, 0.15) is 39.5 Å². The average Bonchev–Trinajstić information content (AvgIpc) is 2.67. The summed E-state index contributed by atoms with van der Waals surface area (Å²) in [5.74, 6) is 0.0568. The largest absolute Gasteiger partial charge is 0.416 e. The molecule has 0 unspecified atom stereocenters. The molecule has 2 aliphatic rings. The van der Waals surface area contributed by atoms with Crippen molar-refractivity contribution < 1.29 is 18.0 Å². The number of piperidine rings is 1. The van der Waals surface area contributed by atoms with E-state index < -0.39 is 17.6 Å². The highest BCUT2D eigenvalue weighted by molar-refractivity contribution is 5.93. The van der Waals surface area contributed by atoms with Crippen LogP contribution in [0, 0.1) is 5.92 Å². The van der Waals surface area contributed by atoms with Crippen LogP contribution in [0.5, 0.6) is 0 Å². The van der Waals surface area contributed by atoms with Crippen molar-refractivity contribution in [1.29, 1.82) is 0 Å². The Labute approximate surface area is 171 Å². The number of nitrogens with one attached hydrogen (secondary N) is 2. The van der Waals surface area contributed by atoms with Gasteiger partial charge in [-0.25, -0.2) is 0 Å². The second-order valence-electron chi connectivity index (χ2n) is 7.43. The van der Waals surface area contributed by atoms with Crippen molar-refractivity contribution in [2.24, 2.45) is 5.92 Å². The summed E-state index contributed by atoms with van der Waals surface area (Å²) in [6, 6.07) is 8.11. The Morgan fingerprint density at radius 3 is 2.76 bits per heavy atom. The Balaban J connectivity index is 0.00000240. The summed E-state index contributed by atoms with van der Waals surface area (Å²) in [5.41, 5.74) is 0.164. The van der Waals surface area contributed by atoms with Crippen LogP contribution in [-0.4, -0.2) is 23.6 Å². The molecule has 0 aliphatic carbocycles. The number of hydrogen-bond donors (Lipinski definition) is 2. The number of hydrogen-bond acceptors (Lipinski definition) is 3. The Morgan fingerprint density at radius 1 is 1.21 bits per heavy atom. The minimum Gasteiger partial charge on any atom is -0.348 e. The van der Waals surface area contributed by atoms with Gasteiger partial charge in [0.2, 0.25) is 0 Å². The SMILES string of the molecule is Cl.O=C(NCc1cccc(C(F)(F)F)c1)c1ccc2n(c1=O)C[C@@H]1CNC[C@H]2C1. The Hall–Kier alpha value is -2.32. The molecule has 5 nitrogen and oxygen atoms in total. The molecule has 3 heterocycles. The summed E-state index contributed by atoms with van der Waals surface area (Å²) in [4.78, 5) is 25.3. The summed E-state index contributed by atoms with van der Waals surface area (Å²) in [6.45, 7) is 2.16. The minimum absolute atomic E-state index is 0. The molecule has 9 heteroatoms. The van der Waals surface area contributed by atoms with Gasteiger partial charge in [0.05, 0.1) is 5.56 Å². The fourth-order valence-corrected chi connectivity index (χ4v) is 4.10. The van der Waals surface area contributed by atoms with Crippen LogP contribution in [0.25, 0.3) is 0 Å². The molecule has 1 amide bonds. The highest BCUT2D eigenvalue weighted by Gasteiger charge is 2.32. The Morgan fingerprint density at radius 2 is 2.00 bits per heavy atom. The van der Waals surface area contributed by atoms with Gasteiger partial charge in [0, 0.05) is 31.2 Å². The first-order valence-electron chi connectivity index (χ1n) is 9.21. The summed E-state index contributed by atoms with van der Waals surface area (Å²) >= 11 is 0. The smallest absolute Gasteiger partial charge is 0.348 e. The highest BCUT2D eigenvalue weighted by Crippen LogP contribution is 2.32. The number of alkyl halides is 3. The van der Waals surface area contributed by atoms with Gasteiger partial charge in [-0.1, -0.05) is 12.1 Å². The number of carbonyl (C=O) groups excluding carboxylic acids is 1. The zero-order valence-corrected chi connectivity index (χ0v) is 16.3. The van der Waals surface area contributed by atoms with E-state index in [0.29, 0.717) is 18.0 Å². The van der Waals surface area contributed by atoms with Crippen LogP contribution < -0.4 is 16.2 Å². The van der Waals surface area contributed by atoms with Crippen LogP contribution in [0.2, 0.25) is 0 Å². The number of nitrogens with zero attached hydrogens (tertiary/aromatic N) is 1. The molecule has 1 saturated heterocycles. The van der Waals surface area contributed by atoms with Gasteiger partial charge in [-0.3, -0.25) is 9.59 Å². The molecule has 156 valence electrons. The molecular weight excluding hydrogens is 407 g/mol. The molecule has 0 saturated carbocycles. The zero-order valence-electron chi connectivity index (χ0n) is 15.5. The topological polar surface area (TPSA) is 63.1 Å². The first-order valence-corrected chi connectivity index (χ1v) is 9.21. The van der Waals surface area contributed by atoms with E-state index in [2.05, 4.69) is 10.6 Å². The highest BCUT2D eigenvalue weighted by atomic mass is 35.5. The normalized spacial score (nSPS) is 20.4. The van der Waals surface area contributed by atoms with Gasteiger partial charge in [0.25, 0.3) is 11.5 Å². The first kappa shape index (κ1) is 21.4. The van der Waals surface area contributed by atoms with Crippen LogP contribution >= 0.6 is 12.4 Å². The fourth-order valence-electron chi connectivity index (χ4n) is 4.10. The predicted molar refractivity (Wildman–Crippen MR) is 104 cm³/mol. The van der Waals surface area contributed by atoms with E-state index in [1.165, 1.54) is 18.2 Å². The maximum Gasteiger partial charge on any atom is 0.416 e. The monoisotopic (exact) mass is 427 g/mol. The molecule has 1 aromatic heterocycles. The van der Waals surface area contributed by atoms with Crippen molar-refractivity contribution in [3.8, 4) is 0 Å². The minimum atomic E-state index is -4.44. The summed E-state index contributed by atoms with van der Waals surface area (Å²) in [6.07, 6.45) is -3.40. The first-order chi connectivity index (χ1) is 13.3. The summed E-state index contributed by atoms with van der Waals surface area (Å²) in [7, 11) is 0. The van der Waals surface area contributed by atoms with Crippen molar-refractivity contribution >= 4 is 18.3 Å². The van der Waals surface area contributed by atoms with E-state index in [0.717, 1.165) is 37.3 Å². The quantitative estimate of drug-likeness (QED) is 0.791. The predicted octanol–water partition coefficient (Wildman–Crippen LogP) is 2.93. The second kappa shape index (κ2) is 8.20. The molecule has 0 radical (unpaired) electrons. The molecule has 2 atom stereocenters. The molecule has 2 bridgehead atoms. The summed E-state index contributed by atoms with van der Waals surface area (Å²) < 4.78 is 40.1. The number of aromatic nitrogens is 1. The molecule has 0 spiro atoms. The fraction of sp³-hybridized carbons (Fsp3) is 0.400. The number of rotatable bonds is 3. The standard InChI is InChI=1S/C20H20F3N3O2.ClH/c21-20(22,23)15-3-1-2-12(7-15)9-25-18(27)16-4-5-17-14-6-13(8-24-10-14)11-26(17)19(16)28;/h1-5,7,13-14,24H,6,8-11H2,(H,25,27);1H/t13-,14+;/m0./s1. The molecular formula is C20H21ClF3N3O2. The lowest BCUT2D eigenvalue weighted by Gasteiger charge is -2.37. The number of benzene rings is 1. The van der Waals surface area contributed by atoms with Gasteiger partial charge in [-0.05, 0) is 48.7 Å². The Kier molecular flexibility index (Phi) is 6.05. The average molecular weight is 428 g/mol. The van der Waals surface area contributed by atoms with Gasteiger partial charge in [0.1, 0.15) is 5.56 Å². The van der Waals surface area contributed by atoms with Gasteiger partial charge in [-0.15, -0.1) is 12.4 Å². The van der Waals surface area contributed by atoms with Crippen molar-refractivity contribution in [2.75, 3.05) is 13.1 Å². The van der Waals surface area contributed by atoms with E-state index in [4.69, 9.17) is 0 Å². The number of fused-ring (bicyclic) bond motifs is 4. The number of halogens is 4. The molecule has 1 fully saturated rings. The molecule has 29 heavy (non-hydrogen) atoms. The third-order valence-electron chi connectivity index (χ3n) is 5.46. The number of amides is 1. The third kappa shape index (κ3) is 4.33. The van der Waals surface area contributed by atoms with Crippen molar-refractivity contribution in [1.82, 2.24) is 15.2 Å². The third-order valence-corrected chi connectivity index (χ3v) is 5.46. The molecule has 2 aromatic rings. The molecule has 2 N–H and O–H groups in total. The lowest BCUT2D eigenvalue weighted by Crippen LogP contribution is -2.46. The maximum absolute atomic E-state index is 12.8. The van der Waals surface area contributed by atoms with Gasteiger partial charge >= 0.3 is 6.18 Å². The molecule has 4 rings (SSSR count). The lowest BCUT2D eigenvalue weighted by molar-refractivity contribution is -0.137. The van der Waals surface area contributed by atoms with Crippen molar-refractivity contribution in [3.05, 3.63) is 69.1 Å². The van der Waals surface area contributed by atoms with E-state index >= 15 is 0 Å². The van der Waals surface area contributed by atoms with Gasteiger partial charge < -0.3 is 15.2 Å². The van der Waals surface area contributed by atoms with Gasteiger partial charge in [-0.2, -0.15) is 13.2 Å². The summed E-state index contributed by atoms with van der Waals surface area (Å²) in [5, 5.41) is 5.92. The maximum atomic E-state index is 12.8. The molecule has 1 aromatic carbocycles. The number of carbonyl (C=O) groups is 1. The van der Waals surface area contributed by atoms with Crippen molar-refractivity contribution in [2.45, 2.75) is 31.6 Å². The zero-order chi connectivity index (χ0) is 19.9. The van der Waals surface area contributed by atoms with Gasteiger partial charge in [0.15, 0.2) is 0 Å². The van der Waals surface area contributed by atoms with E-state index in [9.17, 15) is 22.8 Å².